The van der Waals surface area contributed by atoms with Crippen LogP contribution in [0.25, 0.3) is 0 Å². The summed E-state index contributed by atoms with van der Waals surface area (Å²) in [6.45, 7) is 5.29. The van der Waals surface area contributed by atoms with Crippen molar-refractivity contribution in [2.45, 2.75) is 108 Å². The molecule has 0 aromatic heterocycles. The fraction of sp³-hybridized carbons (Fsp3) is 0.864. The molecule has 1 aliphatic carbocycles. The van der Waals surface area contributed by atoms with E-state index in [-0.39, 0.29) is 24.0 Å². The number of hydrogen-bond acceptors (Lipinski definition) is 6. The molecule has 0 bridgehead atoms. The molecule has 8 nitrogen and oxygen atoms in total. The summed E-state index contributed by atoms with van der Waals surface area (Å²) in [5.41, 5.74) is -0.685. The number of nitrogens with zero attached hydrogens (tertiary/aromatic N) is 2. The van der Waals surface area contributed by atoms with E-state index in [1.54, 1.807) is 25.7 Å². The van der Waals surface area contributed by atoms with Crippen LogP contribution in [0.5, 0.6) is 0 Å². The summed E-state index contributed by atoms with van der Waals surface area (Å²) >= 11 is 0. The zero-order valence-electron chi connectivity index (χ0n) is 19.2. The molecule has 3 rings (SSSR count). The van der Waals surface area contributed by atoms with Crippen molar-refractivity contribution in [1.82, 2.24) is 15.1 Å². The Bertz CT molecular complexity index is 691. The maximum Gasteiger partial charge on any atom is 0.408 e. The van der Waals surface area contributed by atoms with Crippen LogP contribution in [0.1, 0.15) is 65.7 Å². The predicted molar refractivity (Wildman–Crippen MR) is 112 cm³/mol. The average Bonchev–Trinajstić information content (AvgIpc) is 3.06. The number of nitrogens with one attached hydrogen (secondary N) is 1. The SMILES string of the molecule is COC(=O)[C@@H]1CC[C@@H]2C[C@@H](N(C)C3CC(F)C3)CC[C@H](NC(=O)OC(C)(C)C)C(=O)N21. The van der Waals surface area contributed by atoms with Gasteiger partial charge in [0.2, 0.25) is 5.91 Å². The third-order valence-corrected chi connectivity index (χ3v) is 6.76. The Hall–Kier alpha value is -1.90. The maximum absolute atomic E-state index is 13.4. The highest BCUT2D eigenvalue weighted by Crippen LogP contribution is 2.36. The fourth-order valence-corrected chi connectivity index (χ4v) is 5.02. The van der Waals surface area contributed by atoms with Crippen LogP contribution < -0.4 is 5.32 Å². The van der Waals surface area contributed by atoms with E-state index < -0.39 is 35.9 Å². The first kappa shape index (κ1) is 23.8. The number of fused-ring (bicyclic) bond motifs is 1. The molecule has 176 valence electrons. The molecule has 0 radical (unpaired) electrons. The number of alkyl halides is 1. The Morgan fingerprint density at radius 2 is 1.77 bits per heavy atom. The minimum absolute atomic E-state index is 0.117. The maximum atomic E-state index is 13.4. The standard InChI is InChI=1S/C22H36FN3O5/c1-22(2,3)31-21(29)24-17-8-6-14(25(4)16-10-13(23)11-16)12-15-7-9-18(20(28)30-5)26(15)19(17)27/h13-18H,6-12H2,1-5H3,(H,24,29)/t13?,14-,15+,16?,17-,18-/m0/s1. The predicted octanol–water partition coefficient (Wildman–Crippen LogP) is 2.40. The molecule has 31 heavy (non-hydrogen) atoms. The second-order valence-electron chi connectivity index (χ2n) is 10.1. The van der Waals surface area contributed by atoms with E-state index in [0.29, 0.717) is 38.5 Å². The minimum atomic E-state index is -0.783. The van der Waals surface area contributed by atoms with Crippen molar-refractivity contribution in [2.75, 3.05) is 14.2 Å². The first-order chi connectivity index (χ1) is 14.5. The lowest BCUT2D eigenvalue weighted by Crippen LogP contribution is -2.58. The third-order valence-electron chi connectivity index (χ3n) is 6.76. The van der Waals surface area contributed by atoms with Crippen molar-refractivity contribution in [3.05, 3.63) is 0 Å². The van der Waals surface area contributed by atoms with Gasteiger partial charge in [0.25, 0.3) is 0 Å². The summed E-state index contributed by atoms with van der Waals surface area (Å²) in [5, 5.41) is 2.72. The number of amides is 2. The molecule has 0 spiro atoms. The largest absolute Gasteiger partial charge is 0.467 e. The Morgan fingerprint density at radius 1 is 1.10 bits per heavy atom. The molecule has 1 N–H and O–H groups in total. The van der Waals surface area contributed by atoms with Gasteiger partial charge in [0.05, 0.1) is 7.11 Å². The molecular formula is C22H36FN3O5. The summed E-state index contributed by atoms with van der Waals surface area (Å²) in [6, 6.07) is -1.22. The van der Waals surface area contributed by atoms with E-state index >= 15 is 0 Å². The van der Waals surface area contributed by atoms with Gasteiger partial charge in [0, 0.05) is 18.1 Å². The minimum Gasteiger partial charge on any atom is -0.467 e. The molecule has 3 fully saturated rings. The molecule has 0 aromatic rings. The van der Waals surface area contributed by atoms with E-state index in [0.717, 1.165) is 6.42 Å². The first-order valence-corrected chi connectivity index (χ1v) is 11.3. The molecule has 1 saturated carbocycles. The monoisotopic (exact) mass is 441 g/mol. The van der Waals surface area contributed by atoms with Crippen LogP contribution in [0.15, 0.2) is 0 Å². The lowest BCUT2D eigenvalue weighted by Gasteiger charge is -2.45. The zero-order valence-corrected chi connectivity index (χ0v) is 19.2. The van der Waals surface area contributed by atoms with Crippen LogP contribution in [-0.4, -0.2) is 83.9 Å². The van der Waals surface area contributed by atoms with Crippen molar-refractivity contribution >= 4 is 18.0 Å². The topological polar surface area (TPSA) is 88.2 Å². The average molecular weight is 442 g/mol. The van der Waals surface area contributed by atoms with Crippen LogP contribution in [0.2, 0.25) is 0 Å². The van der Waals surface area contributed by atoms with Crippen molar-refractivity contribution in [1.29, 1.82) is 0 Å². The lowest BCUT2D eigenvalue weighted by atomic mass is 9.86. The Kier molecular flexibility index (Phi) is 7.13. The van der Waals surface area contributed by atoms with Crippen LogP contribution >= 0.6 is 0 Å². The van der Waals surface area contributed by atoms with E-state index in [9.17, 15) is 18.8 Å². The van der Waals surface area contributed by atoms with Crippen molar-refractivity contribution in [3.8, 4) is 0 Å². The Morgan fingerprint density at radius 3 is 2.35 bits per heavy atom. The molecule has 0 aromatic carbocycles. The van der Waals surface area contributed by atoms with Gasteiger partial charge in [-0.25, -0.2) is 14.0 Å². The molecule has 0 unspecified atom stereocenters. The number of carbonyl (C=O) groups excluding carboxylic acids is 3. The second kappa shape index (κ2) is 9.30. The van der Waals surface area contributed by atoms with Gasteiger partial charge in [-0.1, -0.05) is 0 Å². The number of carbonyl (C=O) groups is 3. The van der Waals surface area contributed by atoms with Crippen molar-refractivity contribution in [2.24, 2.45) is 0 Å². The molecular weight excluding hydrogens is 405 g/mol. The Labute approximate surface area is 183 Å². The molecule has 3 aliphatic rings. The lowest BCUT2D eigenvalue weighted by molar-refractivity contribution is -0.154. The van der Waals surface area contributed by atoms with Gasteiger partial charge in [0.15, 0.2) is 0 Å². The van der Waals surface area contributed by atoms with E-state index in [2.05, 4.69) is 10.2 Å². The molecule has 2 saturated heterocycles. The van der Waals surface area contributed by atoms with Gasteiger partial charge < -0.3 is 24.6 Å². The van der Waals surface area contributed by atoms with Gasteiger partial charge in [-0.2, -0.15) is 0 Å². The van der Waals surface area contributed by atoms with Crippen LogP contribution in [0.4, 0.5) is 9.18 Å². The number of rotatable bonds is 4. The van der Waals surface area contributed by atoms with Crippen LogP contribution in [-0.2, 0) is 19.1 Å². The molecule has 4 atom stereocenters. The van der Waals surface area contributed by atoms with E-state index in [1.807, 2.05) is 7.05 Å². The van der Waals surface area contributed by atoms with Gasteiger partial charge in [0.1, 0.15) is 23.9 Å². The summed E-state index contributed by atoms with van der Waals surface area (Å²) in [5.74, 6) is -0.700. The second-order valence-corrected chi connectivity index (χ2v) is 10.1. The van der Waals surface area contributed by atoms with Crippen molar-refractivity contribution in [3.63, 3.8) is 0 Å². The third kappa shape index (κ3) is 5.48. The smallest absolute Gasteiger partial charge is 0.408 e. The van der Waals surface area contributed by atoms with Crippen LogP contribution in [0, 0.1) is 0 Å². The Balaban J connectivity index is 1.80. The number of esters is 1. The number of alkyl carbamates (subject to hydrolysis) is 1. The summed E-state index contributed by atoms with van der Waals surface area (Å²) < 4.78 is 23.7. The molecule has 2 heterocycles. The summed E-state index contributed by atoms with van der Waals surface area (Å²) in [4.78, 5) is 42.0. The van der Waals surface area contributed by atoms with Crippen molar-refractivity contribution < 1.29 is 28.2 Å². The van der Waals surface area contributed by atoms with Crippen LogP contribution in [0.3, 0.4) is 0 Å². The highest BCUT2D eigenvalue weighted by atomic mass is 19.1. The van der Waals surface area contributed by atoms with Gasteiger partial charge >= 0.3 is 12.1 Å². The highest BCUT2D eigenvalue weighted by Gasteiger charge is 2.47. The van der Waals surface area contributed by atoms with E-state index in [1.165, 1.54) is 7.11 Å². The number of hydrogen-bond donors (Lipinski definition) is 1. The fourth-order valence-electron chi connectivity index (χ4n) is 5.02. The normalized spacial score (nSPS) is 33.8. The highest BCUT2D eigenvalue weighted by molar-refractivity contribution is 5.90. The van der Waals surface area contributed by atoms with E-state index in [4.69, 9.17) is 9.47 Å². The summed E-state index contributed by atoms with van der Waals surface area (Å²) in [6.07, 6.45) is 2.76. The first-order valence-electron chi connectivity index (χ1n) is 11.3. The quantitative estimate of drug-likeness (QED) is 0.674. The molecule has 9 heteroatoms. The number of ether oxygens (including phenoxy) is 2. The molecule has 2 aliphatic heterocycles. The number of halogens is 1. The van der Waals surface area contributed by atoms with Gasteiger partial charge in [-0.15, -0.1) is 0 Å². The van der Waals surface area contributed by atoms with Gasteiger partial charge in [-0.05, 0) is 72.8 Å². The van der Waals surface area contributed by atoms with Gasteiger partial charge in [-0.3, -0.25) is 4.79 Å². The number of methoxy groups -OCH3 is 1. The molecule has 2 amide bonds. The summed E-state index contributed by atoms with van der Waals surface area (Å²) in [7, 11) is 3.33. The zero-order chi connectivity index (χ0) is 22.9.